The molecule has 3 amide bonds. The number of likely N-dealkylation sites (N-methyl/N-ethyl adjacent to an activating group) is 1. The van der Waals surface area contributed by atoms with Gasteiger partial charge in [-0.2, -0.15) is 0 Å². The number of amides is 3. The normalized spacial score (nSPS) is 20.3. The van der Waals surface area contributed by atoms with Gasteiger partial charge in [0.25, 0.3) is 5.91 Å². The van der Waals surface area contributed by atoms with Gasteiger partial charge in [-0.3, -0.25) is 19.3 Å². The third-order valence-electron chi connectivity index (χ3n) is 5.22. The first-order valence-electron chi connectivity index (χ1n) is 9.09. The summed E-state index contributed by atoms with van der Waals surface area (Å²) in [6.07, 6.45) is 0. The molecule has 3 rings (SSSR count). The third-order valence-corrected chi connectivity index (χ3v) is 5.22. The van der Waals surface area contributed by atoms with Crippen LogP contribution in [-0.2, 0) is 19.1 Å². The number of carbonyl (C=O) groups excluding carboxylic acids is 3. The SMILES string of the molecule is CN1C(=O)[C@@H](NC(=O)C(=O)NCC(C)(C)N2CCOCC2)c2ccccc21. The first-order valence-corrected chi connectivity index (χ1v) is 9.09. The van der Waals surface area contributed by atoms with Gasteiger partial charge >= 0.3 is 11.8 Å². The molecule has 8 nitrogen and oxygen atoms in total. The van der Waals surface area contributed by atoms with E-state index >= 15 is 0 Å². The van der Waals surface area contributed by atoms with Crippen molar-refractivity contribution < 1.29 is 19.1 Å². The Bertz CT molecular complexity index is 743. The summed E-state index contributed by atoms with van der Waals surface area (Å²) in [5.41, 5.74) is 1.14. The van der Waals surface area contributed by atoms with E-state index in [4.69, 9.17) is 4.74 Å². The Morgan fingerprint density at radius 2 is 1.85 bits per heavy atom. The molecule has 0 aliphatic carbocycles. The molecule has 1 saturated heterocycles. The largest absolute Gasteiger partial charge is 0.379 e. The molecule has 8 heteroatoms. The highest BCUT2D eigenvalue weighted by atomic mass is 16.5. The molecule has 0 aromatic heterocycles. The second-order valence-electron chi connectivity index (χ2n) is 7.46. The molecule has 1 aromatic carbocycles. The zero-order chi connectivity index (χ0) is 19.6. The summed E-state index contributed by atoms with van der Waals surface area (Å²) in [6, 6.07) is 6.38. The van der Waals surface area contributed by atoms with Crippen molar-refractivity contribution >= 4 is 23.4 Å². The monoisotopic (exact) mass is 374 g/mol. The molecular formula is C19H26N4O4. The summed E-state index contributed by atoms with van der Waals surface area (Å²) >= 11 is 0. The Morgan fingerprint density at radius 3 is 2.56 bits per heavy atom. The van der Waals surface area contributed by atoms with Gasteiger partial charge in [0, 0.05) is 43.5 Å². The van der Waals surface area contributed by atoms with E-state index < -0.39 is 17.9 Å². The van der Waals surface area contributed by atoms with Crippen molar-refractivity contribution in [3.8, 4) is 0 Å². The van der Waals surface area contributed by atoms with Crippen LogP contribution >= 0.6 is 0 Å². The van der Waals surface area contributed by atoms with Gasteiger partial charge in [-0.05, 0) is 19.9 Å². The van der Waals surface area contributed by atoms with Crippen LogP contribution < -0.4 is 15.5 Å². The van der Waals surface area contributed by atoms with E-state index in [1.807, 2.05) is 26.0 Å². The van der Waals surface area contributed by atoms with Crippen LogP contribution in [0.3, 0.4) is 0 Å². The average Bonchev–Trinajstić information content (AvgIpc) is 2.92. The van der Waals surface area contributed by atoms with Crippen LogP contribution in [0.2, 0.25) is 0 Å². The van der Waals surface area contributed by atoms with Crippen LogP contribution in [0.1, 0.15) is 25.5 Å². The molecule has 1 fully saturated rings. The lowest BCUT2D eigenvalue weighted by Crippen LogP contribution is -2.56. The number of para-hydroxylation sites is 1. The third kappa shape index (κ3) is 3.96. The van der Waals surface area contributed by atoms with Crippen LogP contribution in [0.15, 0.2) is 24.3 Å². The van der Waals surface area contributed by atoms with E-state index in [2.05, 4.69) is 15.5 Å². The molecule has 0 spiro atoms. The Hall–Kier alpha value is -2.45. The van der Waals surface area contributed by atoms with Crippen molar-refractivity contribution in [2.75, 3.05) is 44.8 Å². The number of fused-ring (bicyclic) bond motifs is 1. The van der Waals surface area contributed by atoms with E-state index in [1.54, 1.807) is 19.2 Å². The topological polar surface area (TPSA) is 91.0 Å². The molecule has 1 atom stereocenters. The van der Waals surface area contributed by atoms with Crippen molar-refractivity contribution in [3.05, 3.63) is 29.8 Å². The molecule has 0 bridgehead atoms. The molecule has 2 heterocycles. The van der Waals surface area contributed by atoms with E-state index in [0.717, 1.165) is 18.8 Å². The lowest BCUT2D eigenvalue weighted by Gasteiger charge is -2.40. The van der Waals surface area contributed by atoms with E-state index in [1.165, 1.54) is 4.90 Å². The van der Waals surface area contributed by atoms with E-state index in [9.17, 15) is 14.4 Å². The van der Waals surface area contributed by atoms with Gasteiger partial charge in [-0.1, -0.05) is 18.2 Å². The summed E-state index contributed by atoms with van der Waals surface area (Å²) < 4.78 is 5.35. The fourth-order valence-electron chi connectivity index (χ4n) is 3.48. The Morgan fingerprint density at radius 1 is 1.19 bits per heavy atom. The first-order chi connectivity index (χ1) is 12.8. The molecule has 2 N–H and O–H groups in total. The summed E-state index contributed by atoms with van der Waals surface area (Å²) in [7, 11) is 1.65. The van der Waals surface area contributed by atoms with Crippen LogP contribution in [0.4, 0.5) is 5.69 Å². The second-order valence-corrected chi connectivity index (χ2v) is 7.46. The summed E-state index contributed by atoms with van der Waals surface area (Å²) in [4.78, 5) is 40.7. The van der Waals surface area contributed by atoms with Crippen LogP contribution in [0.25, 0.3) is 0 Å². The number of hydrogen-bond acceptors (Lipinski definition) is 5. The Balaban J connectivity index is 1.58. The number of nitrogens with one attached hydrogen (secondary N) is 2. The highest BCUT2D eigenvalue weighted by Gasteiger charge is 2.37. The minimum atomic E-state index is -0.836. The fraction of sp³-hybridized carbons (Fsp3) is 0.526. The Kier molecular flexibility index (Phi) is 5.48. The van der Waals surface area contributed by atoms with Gasteiger partial charge in [0.15, 0.2) is 0 Å². The molecule has 2 aliphatic heterocycles. The number of rotatable bonds is 4. The molecule has 0 saturated carbocycles. The van der Waals surface area contributed by atoms with E-state index in [-0.39, 0.29) is 11.4 Å². The molecule has 146 valence electrons. The van der Waals surface area contributed by atoms with Crippen molar-refractivity contribution in [2.45, 2.75) is 25.4 Å². The van der Waals surface area contributed by atoms with Gasteiger partial charge in [-0.25, -0.2) is 0 Å². The standard InChI is InChI=1S/C19H26N4O4/c1-19(2,23-8-10-27-11-9-23)12-20-16(24)17(25)21-15-13-6-4-5-7-14(13)22(3)18(15)26/h4-7,15H,8-12H2,1-3H3,(H,20,24)(H,21,25)/t15-/m0/s1. The maximum atomic E-state index is 12.4. The van der Waals surface area contributed by atoms with Gasteiger partial charge in [0.2, 0.25) is 0 Å². The predicted octanol–water partition coefficient (Wildman–Crippen LogP) is 0.0473. The van der Waals surface area contributed by atoms with Crippen molar-refractivity contribution in [1.29, 1.82) is 0 Å². The summed E-state index contributed by atoms with van der Waals surface area (Å²) in [5.74, 6) is -1.81. The van der Waals surface area contributed by atoms with Crippen molar-refractivity contribution in [2.24, 2.45) is 0 Å². The predicted molar refractivity (Wildman–Crippen MR) is 100 cm³/mol. The molecule has 1 aromatic rings. The minimum absolute atomic E-state index is 0.258. The number of hydrogen-bond donors (Lipinski definition) is 2. The molecule has 27 heavy (non-hydrogen) atoms. The zero-order valence-corrected chi connectivity index (χ0v) is 15.9. The number of ether oxygens (including phenoxy) is 1. The van der Waals surface area contributed by atoms with Gasteiger partial charge < -0.3 is 20.3 Å². The number of carbonyl (C=O) groups is 3. The molecule has 0 unspecified atom stereocenters. The maximum Gasteiger partial charge on any atom is 0.310 e. The molecular weight excluding hydrogens is 348 g/mol. The van der Waals surface area contributed by atoms with Crippen LogP contribution in [0, 0.1) is 0 Å². The highest BCUT2D eigenvalue weighted by molar-refractivity contribution is 6.35. The zero-order valence-electron chi connectivity index (χ0n) is 15.9. The average molecular weight is 374 g/mol. The van der Waals surface area contributed by atoms with Crippen molar-refractivity contribution in [1.82, 2.24) is 15.5 Å². The number of benzene rings is 1. The fourth-order valence-corrected chi connectivity index (χ4v) is 3.48. The van der Waals surface area contributed by atoms with Gasteiger partial charge in [0.05, 0.1) is 13.2 Å². The maximum absolute atomic E-state index is 12.4. The smallest absolute Gasteiger partial charge is 0.310 e. The number of nitrogens with zero attached hydrogens (tertiary/aromatic N) is 2. The summed E-state index contributed by atoms with van der Waals surface area (Å²) in [5, 5.41) is 5.24. The molecule has 0 radical (unpaired) electrons. The lowest BCUT2D eigenvalue weighted by atomic mass is 10.0. The van der Waals surface area contributed by atoms with Crippen molar-refractivity contribution in [3.63, 3.8) is 0 Å². The van der Waals surface area contributed by atoms with Crippen LogP contribution in [0.5, 0.6) is 0 Å². The van der Waals surface area contributed by atoms with Gasteiger partial charge in [0.1, 0.15) is 6.04 Å². The quantitative estimate of drug-likeness (QED) is 0.727. The summed E-state index contributed by atoms with van der Waals surface area (Å²) in [6.45, 7) is 7.26. The molecule has 2 aliphatic rings. The van der Waals surface area contributed by atoms with E-state index in [0.29, 0.717) is 25.3 Å². The van der Waals surface area contributed by atoms with Gasteiger partial charge in [-0.15, -0.1) is 0 Å². The minimum Gasteiger partial charge on any atom is -0.379 e. The number of anilines is 1. The van der Waals surface area contributed by atoms with Crippen LogP contribution in [-0.4, -0.2) is 68.1 Å². The highest BCUT2D eigenvalue weighted by Crippen LogP contribution is 2.34. The lowest BCUT2D eigenvalue weighted by molar-refractivity contribution is -0.140. The number of morpholine rings is 1. The first kappa shape index (κ1) is 19.3. The Labute approximate surface area is 158 Å². The second kappa shape index (κ2) is 7.66.